The fourth-order valence-electron chi connectivity index (χ4n) is 4.77. The predicted octanol–water partition coefficient (Wildman–Crippen LogP) is 7.19. The Morgan fingerprint density at radius 1 is 1.11 bits per heavy atom. The van der Waals surface area contributed by atoms with E-state index in [0.29, 0.717) is 16.9 Å². The molecule has 1 aromatic heterocycles. The van der Waals surface area contributed by atoms with Crippen molar-refractivity contribution in [1.29, 1.82) is 10.5 Å². The number of nitrogens with two attached hydrogens (primary N) is 1. The number of hydrogen-bond donors (Lipinski definition) is 1. The summed E-state index contributed by atoms with van der Waals surface area (Å²) < 4.78 is 58.7. The number of nitrogens with zero attached hydrogens (tertiary/aromatic N) is 3. The lowest BCUT2D eigenvalue weighted by Gasteiger charge is -2.28. The Morgan fingerprint density at radius 3 is 2.31 bits per heavy atom. The third kappa shape index (κ3) is 7.08. The molecular formula is C33H29F3N4O4S. The van der Waals surface area contributed by atoms with E-state index < -0.39 is 29.2 Å². The summed E-state index contributed by atoms with van der Waals surface area (Å²) in [5.74, 6) is -1.53. The van der Waals surface area contributed by atoms with Crippen LogP contribution in [0.5, 0.6) is 5.75 Å². The summed E-state index contributed by atoms with van der Waals surface area (Å²) in [7, 11) is 1.46. The van der Waals surface area contributed by atoms with Crippen LogP contribution in [-0.2, 0) is 20.4 Å². The second kappa shape index (κ2) is 13.8. The van der Waals surface area contributed by atoms with Gasteiger partial charge in [-0.1, -0.05) is 49.9 Å². The van der Waals surface area contributed by atoms with Crippen molar-refractivity contribution in [3.8, 4) is 29.1 Å². The van der Waals surface area contributed by atoms with Gasteiger partial charge in [-0.3, -0.25) is 0 Å². The number of rotatable bonds is 9. The molecule has 0 spiro atoms. The molecule has 0 fully saturated rings. The van der Waals surface area contributed by atoms with Gasteiger partial charge in [-0.15, -0.1) is 0 Å². The smallest absolute Gasteiger partial charge is 0.417 e. The highest BCUT2D eigenvalue weighted by Crippen LogP contribution is 2.43. The number of methoxy groups -OCH3 is 1. The van der Waals surface area contributed by atoms with Crippen molar-refractivity contribution in [3.63, 3.8) is 0 Å². The molecule has 1 aliphatic heterocycles. The van der Waals surface area contributed by atoms with Gasteiger partial charge in [0.05, 0.1) is 47.8 Å². The number of halogens is 3. The molecule has 12 heteroatoms. The lowest BCUT2D eigenvalue weighted by Crippen LogP contribution is -2.27. The van der Waals surface area contributed by atoms with Gasteiger partial charge in [0.25, 0.3) is 0 Å². The van der Waals surface area contributed by atoms with Crippen LogP contribution in [0, 0.1) is 22.7 Å². The van der Waals surface area contributed by atoms with Gasteiger partial charge in [-0.2, -0.15) is 23.7 Å². The Hall–Kier alpha value is -4.94. The molecule has 232 valence electrons. The second-order valence-electron chi connectivity index (χ2n) is 10.2. The SMILES string of the molecule is CCOC(=O)C1=C(CSc2nc(-c3ccc(OC)cc3)cc(C(F)(F)F)c2C#N)OC(N)=C(C#N)C1c1ccc(C(C)C)cc1. The molecule has 1 aliphatic rings. The van der Waals surface area contributed by atoms with Gasteiger partial charge in [0, 0.05) is 5.56 Å². The number of ether oxygens (including phenoxy) is 3. The van der Waals surface area contributed by atoms with E-state index >= 15 is 0 Å². The fraction of sp³-hybridized carbons (Fsp3) is 0.273. The molecule has 8 nitrogen and oxygen atoms in total. The number of hydrogen-bond acceptors (Lipinski definition) is 9. The van der Waals surface area contributed by atoms with E-state index in [1.54, 1.807) is 49.4 Å². The summed E-state index contributed by atoms with van der Waals surface area (Å²) in [5.41, 5.74) is 6.24. The molecule has 2 heterocycles. The lowest BCUT2D eigenvalue weighted by molar-refractivity contribution is -0.139. The molecule has 0 saturated carbocycles. The van der Waals surface area contributed by atoms with Crippen molar-refractivity contribution in [2.75, 3.05) is 19.5 Å². The van der Waals surface area contributed by atoms with Gasteiger partial charge in [-0.05, 0) is 54.3 Å². The van der Waals surface area contributed by atoms with Crippen molar-refractivity contribution in [2.45, 2.75) is 43.8 Å². The number of nitriles is 2. The predicted molar refractivity (Wildman–Crippen MR) is 162 cm³/mol. The summed E-state index contributed by atoms with van der Waals surface area (Å²) in [6, 6.07) is 18.1. The zero-order valence-electron chi connectivity index (χ0n) is 24.9. The van der Waals surface area contributed by atoms with Crippen molar-refractivity contribution in [3.05, 3.63) is 99.6 Å². The highest BCUT2D eigenvalue weighted by molar-refractivity contribution is 7.99. The van der Waals surface area contributed by atoms with Gasteiger partial charge < -0.3 is 19.9 Å². The van der Waals surface area contributed by atoms with Crippen LogP contribution in [0.15, 0.2) is 82.4 Å². The maximum Gasteiger partial charge on any atom is 0.417 e. The van der Waals surface area contributed by atoms with Gasteiger partial charge in [0.2, 0.25) is 5.88 Å². The molecule has 0 radical (unpaired) electrons. The van der Waals surface area contributed by atoms with E-state index in [1.807, 2.05) is 32.0 Å². The maximum atomic E-state index is 14.2. The standard InChI is InChI=1S/C33H29F3N4O4S/c1-5-43-32(41)29-27(44-30(39)24(16-38)28(29)21-8-6-19(7-9-21)18(2)3)17-45-31-23(15-37)25(33(34,35)36)14-26(40-31)20-10-12-22(42-4)13-11-20/h6-14,18,28H,5,17,39H2,1-4H3. The van der Waals surface area contributed by atoms with Crippen molar-refractivity contribution < 1.29 is 32.2 Å². The minimum absolute atomic E-state index is 0.0131. The molecule has 0 amide bonds. The minimum atomic E-state index is -4.86. The van der Waals surface area contributed by atoms with E-state index in [4.69, 9.17) is 19.9 Å². The number of allylic oxidation sites excluding steroid dienone is 1. The van der Waals surface area contributed by atoms with Crippen LogP contribution in [0.3, 0.4) is 0 Å². The molecule has 0 aliphatic carbocycles. The van der Waals surface area contributed by atoms with Gasteiger partial charge in [0.15, 0.2) is 0 Å². The zero-order chi connectivity index (χ0) is 32.9. The lowest BCUT2D eigenvalue weighted by atomic mass is 9.82. The first kappa shape index (κ1) is 33.0. The van der Waals surface area contributed by atoms with Crippen LogP contribution in [0.25, 0.3) is 11.3 Å². The Labute approximate surface area is 262 Å². The average molecular weight is 635 g/mol. The number of pyridine rings is 1. The van der Waals surface area contributed by atoms with Gasteiger partial charge in [0.1, 0.15) is 34.2 Å². The van der Waals surface area contributed by atoms with Crippen LogP contribution in [0.2, 0.25) is 0 Å². The molecule has 2 aromatic carbocycles. The third-order valence-electron chi connectivity index (χ3n) is 7.06. The highest BCUT2D eigenvalue weighted by Gasteiger charge is 2.39. The van der Waals surface area contributed by atoms with E-state index in [9.17, 15) is 28.5 Å². The molecule has 45 heavy (non-hydrogen) atoms. The van der Waals surface area contributed by atoms with Crippen molar-refractivity contribution in [1.82, 2.24) is 4.98 Å². The normalized spacial score (nSPS) is 14.9. The highest BCUT2D eigenvalue weighted by atomic mass is 32.2. The van der Waals surface area contributed by atoms with Crippen LogP contribution < -0.4 is 10.5 Å². The molecule has 0 bridgehead atoms. The van der Waals surface area contributed by atoms with Gasteiger partial charge >= 0.3 is 12.1 Å². The number of benzene rings is 2. The second-order valence-corrected chi connectivity index (χ2v) is 11.1. The fourth-order valence-corrected chi connectivity index (χ4v) is 5.71. The first-order valence-electron chi connectivity index (χ1n) is 13.8. The maximum absolute atomic E-state index is 14.2. The monoisotopic (exact) mass is 634 g/mol. The number of esters is 1. The van der Waals surface area contributed by atoms with Crippen LogP contribution in [-0.4, -0.2) is 30.4 Å². The van der Waals surface area contributed by atoms with Crippen LogP contribution in [0.4, 0.5) is 13.2 Å². The van der Waals surface area contributed by atoms with Crippen LogP contribution >= 0.6 is 11.8 Å². The van der Waals surface area contributed by atoms with Crippen LogP contribution in [0.1, 0.15) is 54.9 Å². The summed E-state index contributed by atoms with van der Waals surface area (Å²) in [5, 5.41) is 19.6. The molecule has 3 aromatic rings. The minimum Gasteiger partial charge on any atom is -0.497 e. The quantitative estimate of drug-likeness (QED) is 0.192. The molecule has 2 N–H and O–H groups in total. The first-order chi connectivity index (χ1) is 21.4. The van der Waals surface area contributed by atoms with Gasteiger partial charge in [-0.25, -0.2) is 9.78 Å². The molecular weight excluding hydrogens is 605 g/mol. The molecule has 4 rings (SSSR count). The van der Waals surface area contributed by atoms with Crippen molar-refractivity contribution in [2.24, 2.45) is 5.73 Å². The topological polar surface area (TPSA) is 131 Å². The summed E-state index contributed by atoms with van der Waals surface area (Å²) >= 11 is 0.769. The van der Waals surface area contributed by atoms with E-state index in [-0.39, 0.29) is 51.8 Å². The summed E-state index contributed by atoms with van der Waals surface area (Å²) in [4.78, 5) is 17.8. The number of alkyl halides is 3. The molecule has 1 unspecified atom stereocenters. The Kier molecular flexibility index (Phi) is 10.1. The number of carbonyl (C=O) groups is 1. The summed E-state index contributed by atoms with van der Waals surface area (Å²) in [6.07, 6.45) is -4.86. The van der Waals surface area contributed by atoms with E-state index in [2.05, 4.69) is 4.98 Å². The van der Waals surface area contributed by atoms with E-state index in [1.165, 1.54) is 7.11 Å². The number of thioether (sulfide) groups is 1. The Bertz CT molecular complexity index is 1740. The Balaban J connectivity index is 1.84. The first-order valence-corrected chi connectivity index (χ1v) is 14.8. The largest absolute Gasteiger partial charge is 0.497 e. The average Bonchev–Trinajstić information content (AvgIpc) is 3.02. The number of carbonyl (C=O) groups excluding carboxylic acids is 1. The number of aromatic nitrogens is 1. The molecule has 0 saturated heterocycles. The summed E-state index contributed by atoms with van der Waals surface area (Å²) in [6.45, 7) is 5.68. The zero-order valence-corrected chi connectivity index (χ0v) is 25.7. The van der Waals surface area contributed by atoms with E-state index in [0.717, 1.165) is 23.4 Å². The molecule has 1 atom stereocenters. The Morgan fingerprint density at radius 2 is 1.78 bits per heavy atom. The van der Waals surface area contributed by atoms with Crippen molar-refractivity contribution >= 4 is 17.7 Å². The third-order valence-corrected chi connectivity index (χ3v) is 8.03.